The lowest BCUT2D eigenvalue weighted by molar-refractivity contribution is -0.126. The molecule has 1 aromatic rings. The molecule has 5 heteroatoms. The van der Waals surface area contributed by atoms with Gasteiger partial charge in [0.05, 0.1) is 10.4 Å². The van der Waals surface area contributed by atoms with Crippen molar-refractivity contribution >= 4 is 23.1 Å². The van der Waals surface area contributed by atoms with E-state index < -0.39 is 5.41 Å². The molecule has 4 nitrogen and oxygen atoms in total. The molecule has 1 heterocycles. The van der Waals surface area contributed by atoms with Gasteiger partial charge in [-0.15, -0.1) is 0 Å². The number of thiocarbonyl (C=S) groups is 1. The average Bonchev–Trinajstić information content (AvgIpc) is 2.81. The van der Waals surface area contributed by atoms with Gasteiger partial charge in [-0.2, -0.15) is 0 Å². The third kappa shape index (κ3) is 3.16. The molecule has 0 aromatic heterocycles. The molecule has 1 amide bonds. The molecule has 1 saturated heterocycles. The van der Waals surface area contributed by atoms with Gasteiger partial charge in [0.15, 0.2) is 0 Å². The van der Waals surface area contributed by atoms with Crippen molar-refractivity contribution in [1.82, 2.24) is 4.90 Å². The van der Waals surface area contributed by atoms with Crippen LogP contribution in [-0.4, -0.2) is 28.9 Å². The highest BCUT2D eigenvalue weighted by molar-refractivity contribution is 7.80. The SMILES string of the molecule is CC1(C(N)=O)CCN(C(CC(N)=S)c2ccccc2)C1. The van der Waals surface area contributed by atoms with E-state index in [1.54, 1.807) is 0 Å². The summed E-state index contributed by atoms with van der Waals surface area (Å²) in [5.74, 6) is -0.234. The van der Waals surface area contributed by atoms with E-state index in [-0.39, 0.29) is 11.9 Å². The first-order chi connectivity index (χ1) is 9.42. The normalized spacial score (nSPS) is 24.4. The Morgan fingerprint density at radius 1 is 1.40 bits per heavy atom. The lowest BCUT2D eigenvalue weighted by Crippen LogP contribution is -2.38. The predicted molar refractivity (Wildman–Crippen MR) is 84.1 cm³/mol. The summed E-state index contributed by atoms with van der Waals surface area (Å²) in [6.07, 6.45) is 1.40. The lowest BCUT2D eigenvalue weighted by Gasteiger charge is -2.29. The highest BCUT2D eigenvalue weighted by Crippen LogP contribution is 2.36. The molecule has 2 unspecified atom stereocenters. The average molecular weight is 291 g/mol. The van der Waals surface area contributed by atoms with Crippen LogP contribution in [0.15, 0.2) is 30.3 Å². The Morgan fingerprint density at radius 3 is 2.55 bits per heavy atom. The lowest BCUT2D eigenvalue weighted by atomic mass is 9.89. The monoisotopic (exact) mass is 291 g/mol. The maximum atomic E-state index is 11.6. The second kappa shape index (κ2) is 5.89. The van der Waals surface area contributed by atoms with Crippen LogP contribution in [0.3, 0.4) is 0 Å². The molecular weight excluding hydrogens is 270 g/mol. The number of carbonyl (C=O) groups is 1. The fraction of sp³-hybridized carbons (Fsp3) is 0.467. The van der Waals surface area contributed by atoms with Gasteiger partial charge in [-0.05, 0) is 25.5 Å². The fourth-order valence-electron chi connectivity index (χ4n) is 2.79. The van der Waals surface area contributed by atoms with Crippen molar-refractivity contribution in [2.45, 2.75) is 25.8 Å². The summed E-state index contributed by atoms with van der Waals surface area (Å²) < 4.78 is 0. The Labute approximate surface area is 125 Å². The Balaban J connectivity index is 2.21. The van der Waals surface area contributed by atoms with Crippen LogP contribution in [0.2, 0.25) is 0 Å². The summed E-state index contributed by atoms with van der Waals surface area (Å²) in [4.78, 5) is 14.4. The maximum Gasteiger partial charge on any atom is 0.224 e. The standard InChI is InChI=1S/C15H21N3OS/c1-15(14(17)19)7-8-18(10-15)12(9-13(16)20)11-5-3-2-4-6-11/h2-6,12H,7-10H2,1H3,(H2,16,20)(H2,17,19). The third-order valence-electron chi connectivity index (χ3n) is 4.12. The van der Waals surface area contributed by atoms with E-state index in [2.05, 4.69) is 17.0 Å². The quantitative estimate of drug-likeness (QED) is 0.808. The number of benzene rings is 1. The molecule has 0 radical (unpaired) electrons. The summed E-state index contributed by atoms with van der Waals surface area (Å²) in [6.45, 7) is 3.42. The van der Waals surface area contributed by atoms with Gasteiger partial charge in [0.1, 0.15) is 0 Å². The molecule has 1 aromatic carbocycles. The van der Waals surface area contributed by atoms with Crippen LogP contribution >= 0.6 is 12.2 Å². The zero-order valence-corrected chi connectivity index (χ0v) is 12.5. The molecule has 1 fully saturated rings. The molecule has 2 atom stereocenters. The van der Waals surface area contributed by atoms with Gasteiger partial charge in [0.2, 0.25) is 5.91 Å². The van der Waals surface area contributed by atoms with Crippen LogP contribution in [-0.2, 0) is 4.79 Å². The topological polar surface area (TPSA) is 72.4 Å². The van der Waals surface area contributed by atoms with E-state index in [4.69, 9.17) is 23.7 Å². The number of hydrogen-bond acceptors (Lipinski definition) is 3. The summed E-state index contributed by atoms with van der Waals surface area (Å²) in [6, 6.07) is 10.3. The molecule has 1 aliphatic heterocycles. The van der Waals surface area contributed by atoms with E-state index in [0.29, 0.717) is 18.0 Å². The molecule has 108 valence electrons. The van der Waals surface area contributed by atoms with Crippen LogP contribution in [0, 0.1) is 5.41 Å². The van der Waals surface area contributed by atoms with Gasteiger partial charge >= 0.3 is 0 Å². The van der Waals surface area contributed by atoms with Crippen LogP contribution in [0.4, 0.5) is 0 Å². The fourth-order valence-corrected chi connectivity index (χ4v) is 2.95. The molecule has 0 bridgehead atoms. The van der Waals surface area contributed by atoms with E-state index >= 15 is 0 Å². The number of primary amides is 1. The molecule has 0 saturated carbocycles. The Kier molecular flexibility index (Phi) is 4.40. The Hall–Kier alpha value is -1.46. The predicted octanol–water partition coefficient (Wildman–Crippen LogP) is 1.60. The number of nitrogens with two attached hydrogens (primary N) is 2. The zero-order chi connectivity index (χ0) is 14.8. The third-order valence-corrected chi connectivity index (χ3v) is 4.28. The molecule has 0 spiro atoms. The first-order valence-corrected chi connectivity index (χ1v) is 7.20. The largest absolute Gasteiger partial charge is 0.393 e. The van der Waals surface area contributed by atoms with Crippen LogP contribution in [0.25, 0.3) is 0 Å². The van der Waals surface area contributed by atoms with Crippen molar-refractivity contribution in [3.8, 4) is 0 Å². The second-order valence-electron chi connectivity index (χ2n) is 5.74. The molecule has 4 N–H and O–H groups in total. The van der Waals surface area contributed by atoms with Gasteiger partial charge in [0, 0.05) is 19.0 Å². The minimum atomic E-state index is -0.455. The molecule has 1 aliphatic rings. The first kappa shape index (κ1) is 14.9. The van der Waals surface area contributed by atoms with Gasteiger partial charge in [0.25, 0.3) is 0 Å². The minimum Gasteiger partial charge on any atom is -0.393 e. The van der Waals surface area contributed by atoms with Crippen LogP contribution in [0.5, 0.6) is 0 Å². The van der Waals surface area contributed by atoms with E-state index in [9.17, 15) is 4.79 Å². The van der Waals surface area contributed by atoms with E-state index in [1.807, 2.05) is 25.1 Å². The van der Waals surface area contributed by atoms with Gasteiger partial charge < -0.3 is 11.5 Å². The summed E-state index contributed by atoms with van der Waals surface area (Å²) in [7, 11) is 0. The number of amides is 1. The molecule has 2 rings (SSSR count). The van der Waals surface area contributed by atoms with E-state index in [0.717, 1.165) is 13.0 Å². The smallest absolute Gasteiger partial charge is 0.224 e. The highest BCUT2D eigenvalue weighted by Gasteiger charge is 2.41. The van der Waals surface area contributed by atoms with Gasteiger partial charge in [-0.3, -0.25) is 9.69 Å². The van der Waals surface area contributed by atoms with Crippen molar-refractivity contribution in [3.63, 3.8) is 0 Å². The van der Waals surface area contributed by atoms with Gasteiger partial charge in [-0.25, -0.2) is 0 Å². The van der Waals surface area contributed by atoms with Crippen molar-refractivity contribution in [1.29, 1.82) is 0 Å². The molecule has 20 heavy (non-hydrogen) atoms. The Morgan fingerprint density at radius 2 is 2.05 bits per heavy atom. The van der Waals surface area contributed by atoms with Crippen molar-refractivity contribution in [2.75, 3.05) is 13.1 Å². The zero-order valence-electron chi connectivity index (χ0n) is 11.7. The van der Waals surface area contributed by atoms with Crippen molar-refractivity contribution in [2.24, 2.45) is 16.9 Å². The first-order valence-electron chi connectivity index (χ1n) is 6.79. The summed E-state index contributed by atoms with van der Waals surface area (Å²) in [5.41, 5.74) is 12.0. The highest BCUT2D eigenvalue weighted by atomic mass is 32.1. The number of rotatable bonds is 5. The molecule has 0 aliphatic carbocycles. The minimum absolute atomic E-state index is 0.120. The number of carbonyl (C=O) groups excluding carboxylic acids is 1. The summed E-state index contributed by atoms with van der Waals surface area (Å²) in [5, 5.41) is 0. The second-order valence-corrected chi connectivity index (χ2v) is 6.27. The van der Waals surface area contributed by atoms with Crippen LogP contribution < -0.4 is 11.5 Å². The maximum absolute atomic E-state index is 11.6. The number of nitrogens with zero attached hydrogens (tertiary/aromatic N) is 1. The van der Waals surface area contributed by atoms with Gasteiger partial charge in [-0.1, -0.05) is 42.5 Å². The molecular formula is C15H21N3OS. The van der Waals surface area contributed by atoms with Crippen molar-refractivity contribution in [3.05, 3.63) is 35.9 Å². The summed E-state index contributed by atoms with van der Waals surface area (Å²) >= 11 is 5.08. The number of hydrogen-bond donors (Lipinski definition) is 2. The number of likely N-dealkylation sites (tertiary alicyclic amines) is 1. The van der Waals surface area contributed by atoms with E-state index in [1.165, 1.54) is 5.56 Å². The van der Waals surface area contributed by atoms with Crippen molar-refractivity contribution < 1.29 is 4.79 Å². The Bertz CT molecular complexity index is 505. The van der Waals surface area contributed by atoms with Crippen LogP contribution in [0.1, 0.15) is 31.4 Å².